The monoisotopic (exact) mass is 193 g/mol. The van der Waals surface area contributed by atoms with Gasteiger partial charge in [-0.3, -0.25) is 0 Å². The molecular weight excluding hydrogens is 174 g/mol. The van der Waals surface area contributed by atoms with E-state index in [2.05, 4.69) is 13.8 Å². The molecule has 0 unspecified atom stereocenters. The molecule has 0 radical (unpaired) electrons. The first kappa shape index (κ1) is 10.9. The first-order valence-electron chi connectivity index (χ1n) is 5.20. The Kier molecular flexibility index (Phi) is 3.81. The summed E-state index contributed by atoms with van der Waals surface area (Å²) < 4.78 is 5.79. The van der Waals surface area contributed by atoms with Crippen molar-refractivity contribution in [2.75, 3.05) is 5.73 Å². The summed E-state index contributed by atoms with van der Waals surface area (Å²) in [5.74, 6) is 0.922. The maximum absolute atomic E-state index is 5.79. The van der Waals surface area contributed by atoms with E-state index in [1.807, 2.05) is 25.1 Å². The van der Waals surface area contributed by atoms with Crippen LogP contribution in [0.3, 0.4) is 0 Å². The molecule has 2 N–H and O–H groups in total. The third-order valence-corrected chi connectivity index (χ3v) is 2.45. The molecule has 2 heteroatoms. The molecule has 0 spiro atoms. The standard InChI is InChI=1S/C12H19NO/c1-4-10(5-2)14-11-6-7-12(13)9(3)8-11/h6-8,10H,4-5,13H2,1-3H3. The van der Waals surface area contributed by atoms with Crippen LogP contribution in [-0.4, -0.2) is 6.10 Å². The summed E-state index contributed by atoms with van der Waals surface area (Å²) in [6.45, 7) is 6.27. The highest BCUT2D eigenvalue weighted by atomic mass is 16.5. The lowest BCUT2D eigenvalue weighted by molar-refractivity contribution is 0.193. The first-order valence-corrected chi connectivity index (χ1v) is 5.20. The van der Waals surface area contributed by atoms with Gasteiger partial charge in [0.05, 0.1) is 6.10 Å². The molecule has 0 aliphatic carbocycles. The van der Waals surface area contributed by atoms with E-state index in [9.17, 15) is 0 Å². The molecule has 14 heavy (non-hydrogen) atoms. The van der Waals surface area contributed by atoms with Crippen molar-refractivity contribution in [3.63, 3.8) is 0 Å². The summed E-state index contributed by atoms with van der Waals surface area (Å²) in [6, 6.07) is 5.82. The van der Waals surface area contributed by atoms with Crippen LogP contribution in [0.5, 0.6) is 5.75 Å². The first-order chi connectivity index (χ1) is 6.67. The summed E-state index contributed by atoms with van der Waals surface area (Å²) in [7, 11) is 0. The number of rotatable bonds is 4. The van der Waals surface area contributed by atoms with E-state index in [0.29, 0.717) is 6.10 Å². The van der Waals surface area contributed by atoms with Crippen molar-refractivity contribution in [3.05, 3.63) is 23.8 Å². The highest BCUT2D eigenvalue weighted by Gasteiger charge is 2.05. The molecule has 0 amide bonds. The Balaban J connectivity index is 2.72. The van der Waals surface area contributed by atoms with Gasteiger partial charge in [-0.15, -0.1) is 0 Å². The summed E-state index contributed by atoms with van der Waals surface area (Å²) >= 11 is 0. The van der Waals surface area contributed by atoms with Crippen LogP contribution < -0.4 is 10.5 Å². The van der Waals surface area contributed by atoms with Crippen molar-refractivity contribution in [3.8, 4) is 5.75 Å². The molecule has 2 nitrogen and oxygen atoms in total. The fourth-order valence-electron chi connectivity index (χ4n) is 1.37. The van der Waals surface area contributed by atoms with Gasteiger partial charge in [0, 0.05) is 5.69 Å². The Bertz CT molecular complexity index is 292. The van der Waals surface area contributed by atoms with Crippen LogP contribution in [0.4, 0.5) is 5.69 Å². The molecule has 0 atom stereocenters. The van der Waals surface area contributed by atoms with Gasteiger partial charge < -0.3 is 10.5 Å². The second kappa shape index (κ2) is 4.89. The molecule has 0 saturated carbocycles. The highest BCUT2D eigenvalue weighted by Crippen LogP contribution is 2.20. The third kappa shape index (κ3) is 2.66. The fraction of sp³-hybridized carbons (Fsp3) is 0.500. The largest absolute Gasteiger partial charge is 0.490 e. The van der Waals surface area contributed by atoms with Gasteiger partial charge in [0.25, 0.3) is 0 Å². The van der Waals surface area contributed by atoms with Gasteiger partial charge in [0.2, 0.25) is 0 Å². The summed E-state index contributed by atoms with van der Waals surface area (Å²) in [4.78, 5) is 0. The minimum absolute atomic E-state index is 0.318. The zero-order valence-electron chi connectivity index (χ0n) is 9.21. The van der Waals surface area contributed by atoms with Gasteiger partial charge in [0.1, 0.15) is 5.75 Å². The Morgan fingerprint density at radius 2 is 1.93 bits per heavy atom. The Labute approximate surface area is 86.1 Å². The van der Waals surface area contributed by atoms with Crippen LogP contribution >= 0.6 is 0 Å². The predicted octanol–water partition coefficient (Wildman–Crippen LogP) is 3.14. The highest BCUT2D eigenvalue weighted by molar-refractivity contribution is 5.49. The average Bonchev–Trinajstić information content (AvgIpc) is 2.19. The lowest BCUT2D eigenvalue weighted by Gasteiger charge is -2.16. The second-order valence-corrected chi connectivity index (χ2v) is 3.57. The van der Waals surface area contributed by atoms with Crippen molar-refractivity contribution in [1.82, 2.24) is 0 Å². The van der Waals surface area contributed by atoms with Crippen molar-refractivity contribution < 1.29 is 4.74 Å². The quantitative estimate of drug-likeness (QED) is 0.745. The van der Waals surface area contributed by atoms with Crippen molar-refractivity contribution >= 4 is 5.69 Å². The smallest absolute Gasteiger partial charge is 0.120 e. The molecule has 0 heterocycles. The Hall–Kier alpha value is -1.18. The van der Waals surface area contributed by atoms with E-state index < -0.39 is 0 Å². The van der Waals surface area contributed by atoms with Crippen LogP contribution in [0.2, 0.25) is 0 Å². The Morgan fingerprint density at radius 1 is 1.29 bits per heavy atom. The SMILES string of the molecule is CCC(CC)Oc1ccc(N)c(C)c1. The van der Waals surface area contributed by atoms with Crippen LogP contribution in [0.15, 0.2) is 18.2 Å². The van der Waals surface area contributed by atoms with Crippen molar-refractivity contribution in [2.45, 2.75) is 39.7 Å². The summed E-state index contributed by atoms with van der Waals surface area (Å²) in [5.41, 5.74) is 7.63. The molecule has 0 aliphatic heterocycles. The molecule has 1 aromatic rings. The second-order valence-electron chi connectivity index (χ2n) is 3.57. The van der Waals surface area contributed by atoms with Crippen LogP contribution in [0.25, 0.3) is 0 Å². The number of ether oxygens (including phenoxy) is 1. The summed E-state index contributed by atoms with van der Waals surface area (Å²) in [5, 5.41) is 0. The molecule has 1 aromatic carbocycles. The average molecular weight is 193 g/mol. The lowest BCUT2D eigenvalue weighted by Crippen LogP contribution is -2.13. The molecule has 0 aromatic heterocycles. The third-order valence-electron chi connectivity index (χ3n) is 2.45. The number of benzene rings is 1. The molecule has 0 aliphatic rings. The van der Waals surface area contributed by atoms with E-state index in [0.717, 1.165) is 29.8 Å². The molecular formula is C12H19NO. The lowest BCUT2D eigenvalue weighted by atomic mass is 10.2. The van der Waals surface area contributed by atoms with Crippen LogP contribution in [0.1, 0.15) is 32.3 Å². The van der Waals surface area contributed by atoms with Gasteiger partial charge in [-0.05, 0) is 43.5 Å². The van der Waals surface area contributed by atoms with Gasteiger partial charge in [0.15, 0.2) is 0 Å². The normalized spacial score (nSPS) is 10.6. The van der Waals surface area contributed by atoms with E-state index in [4.69, 9.17) is 10.5 Å². The molecule has 0 saturated heterocycles. The molecule has 0 bridgehead atoms. The molecule has 0 fully saturated rings. The molecule has 78 valence electrons. The summed E-state index contributed by atoms with van der Waals surface area (Å²) in [6.07, 6.45) is 2.40. The minimum Gasteiger partial charge on any atom is -0.490 e. The maximum atomic E-state index is 5.79. The van der Waals surface area contributed by atoms with Crippen LogP contribution in [0, 0.1) is 6.92 Å². The maximum Gasteiger partial charge on any atom is 0.120 e. The van der Waals surface area contributed by atoms with Gasteiger partial charge in [-0.2, -0.15) is 0 Å². The van der Waals surface area contributed by atoms with Crippen LogP contribution in [-0.2, 0) is 0 Å². The van der Waals surface area contributed by atoms with Gasteiger partial charge in [-0.25, -0.2) is 0 Å². The van der Waals surface area contributed by atoms with E-state index >= 15 is 0 Å². The van der Waals surface area contributed by atoms with Crippen molar-refractivity contribution in [2.24, 2.45) is 0 Å². The van der Waals surface area contributed by atoms with Crippen molar-refractivity contribution in [1.29, 1.82) is 0 Å². The van der Waals surface area contributed by atoms with Gasteiger partial charge in [-0.1, -0.05) is 13.8 Å². The Morgan fingerprint density at radius 3 is 2.43 bits per heavy atom. The number of aryl methyl sites for hydroxylation is 1. The minimum atomic E-state index is 0.318. The predicted molar refractivity (Wildman–Crippen MR) is 60.6 cm³/mol. The van der Waals surface area contributed by atoms with E-state index in [1.165, 1.54) is 0 Å². The topological polar surface area (TPSA) is 35.2 Å². The fourth-order valence-corrected chi connectivity index (χ4v) is 1.37. The molecule has 1 rings (SSSR count). The number of nitrogens with two attached hydrogens (primary N) is 1. The zero-order chi connectivity index (χ0) is 10.6. The number of anilines is 1. The van der Waals surface area contributed by atoms with Gasteiger partial charge >= 0.3 is 0 Å². The zero-order valence-corrected chi connectivity index (χ0v) is 9.21. The van der Waals surface area contributed by atoms with E-state index in [-0.39, 0.29) is 0 Å². The van der Waals surface area contributed by atoms with E-state index in [1.54, 1.807) is 0 Å². The number of nitrogen functional groups attached to an aromatic ring is 1. The number of hydrogen-bond donors (Lipinski definition) is 1. The number of hydrogen-bond acceptors (Lipinski definition) is 2.